The molecule has 16 nitrogen and oxygen atoms in total. The third-order valence-electron chi connectivity index (χ3n) is 3.69. The smallest absolute Gasteiger partial charge is 0.303 e. The first-order chi connectivity index (χ1) is 14.7. The molecule has 0 aliphatic heterocycles. The number of hydrogen-bond acceptors (Lipinski definition) is 14. The summed E-state index contributed by atoms with van der Waals surface area (Å²) in [6.45, 7) is -1.82. The van der Waals surface area contributed by atoms with Crippen LogP contribution >= 0.6 is 0 Å². The first-order valence-corrected chi connectivity index (χ1v) is 9.21. The maximum Gasteiger partial charge on any atom is 0.303 e. The van der Waals surface area contributed by atoms with Crippen molar-refractivity contribution in [3.8, 4) is 0 Å². The monoisotopic (exact) mass is 480 g/mol. The molecule has 0 unspecified atom stereocenters. The van der Waals surface area contributed by atoms with Crippen LogP contribution in [-0.4, -0.2) is 148 Å². The summed E-state index contributed by atoms with van der Waals surface area (Å²) >= 11 is 0. The highest BCUT2D eigenvalue weighted by Crippen LogP contribution is 2.04. The van der Waals surface area contributed by atoms with Crippen molar-refractivity contribution in [2.75, 3.05) is 26.3 Å². The van der Waals surface area contributed by atoms with Gasteiger partial charge in [-0.2, -0.15) is 0 Å². The molecule has 194 valence electrons. The Morgan fingerprint density at radius 2 is 0.750 bits per heavy atom. The minimum Gasteiger partial charge on any atom is -0.481 e. The van der Waals surface area contributed by atoms with Gasteiger partial charge in [-0.25, -0.2) is 0 Å². The van der Waals surface area contributed by atoms with Crippen molar-refractivity contribution < 1.29 is 70.9 Å². The summed E-state index contributed by atoms with van der Waals surface area (Å²) in [4.78, 5) is 19.3. The van der Waals surface area contributed by atoms with Crippen LogP contribution < -0.4 is 11.5 Å². The van der Waals surface area contributed by atoms with Gasteiger partial charge in [-0.05, 0) is 0 Å². The lowest BCUT2D eigenvalue weighted by Crippen LogP contribution is -2.48. The Kier molecular flexibility index (Phi) is 22.0. The van der Waals surface area contributed by atoms with E-state index in [1.54, 1.807) is 0 Å². The van der Waals surface area contributed by atoms with E-state index in [0.717, 1.165) is 0 Å². The molecule has 0 saturated heterocycles. The molecule has 16 heteroatoms. The normalized spacial score (nSPS) is 18.2. The molecule has 0 saturated carbocycles. The summed E-state index contributed by atoms with van der Waals surface area (Å²) in [6, 6.07) is 0. The second-order valence-corrected chi connectivity index (χ2v) is 6.36. The standard InChI is InChI=1S/2C6H15NO5.C4H6O4/c2*7-1-3(9)5(11)6(12)4(10)2-8;5-3(6)1-2-4(7)8/h2*3-6,8-12H,1-2,7H2;1-2H2,(H,5,6)(H,7,8)/t2*3-,4+,5+,6+;/m00./s1. The van der Waals surface area contributed by atoms with Gasteiger partial charge in [0.15, 0.2) is 0 Å². The quantitative estimate of drug-likeness (QED) is 0.116. The molecule has 8 atom stereocenters. The van der Waals surface area contributed by atoms with Gasteiger partial charge in [-0.1, -0.05) is 0 Å². The van der Waals surface area contributed by atoms with Crippen LogP contribution in [0.15, 0.2) is 0 Å². The van der Waals surface area contributed by atoms with E-state index < -0.39 is 74.0 Å². The van der Waals surface area contributed by atoms with Crippen LogP contribution in [0.3, 0.4) is 0 Å². The third-order valence-corrected chi connectivity index (χ3v) is 3.69. The summed E-state index contributed by atoms with van der Waals surface area (Å²) in [7, 11) is 0. The highest BCUT2D eigenvalue weighted by Gasteiger charge is 2.29. The molecule has 0 aliphatic carbocycles. The van der Waals surface area contributed by atoms with Gasteiger partial charge in [-0.3, -0.25) is 9.59 Å². The lowest BCUT2D eigenvalue weighted by molar-refractivity contribution is -0.143. The Labute approximate surface area is 183 Å². The Balaban J connectivity index is -0.000000404. The van der Waals surface area contributed by atoms with E-state index in [-0.39, 0.29) is 25.9 Å². The number of carboxylic acid groups (broad SMARTS) is 2. The number of hydrogen-bond donors (Lipinski definition) is 14. The largest absolute Gasteiger partial charge is 0.481 e. The SMILES string of the molecule is NC[C@H](O)[C@@H](O)[C@H](O)[C@H](O)CO.NC[C@H](O)[C@@H](O)[C@H](O)[C@H](O)CO.O=C(O)CCC(=O)O. The van der Waals surface area contributed by atoms with Gasteiger partial charge >= 0.3 is 11.9 Å². The van der Waals surface area contributed by atoms with Crippen LogP contribution in [-0.2, 0) is 9.59 Å². The van der Waals surface area contributed by atoms with E-state index in [1.807, 2.05) is 0 Å². The van der Waals surface area contributed by atoms with Crippen molar-refractivity contribution >= 4 is 11.9 Å². The van der Waals surface area contributed by atoms with Gasteiger partial charge in [0, 0.05) is 13.1 Å². The average Bonchev–Trinajstić information content (AvgIpc) is 2.79. The van der Waals surface area contributed by atoms with Crippen LogP contribution in [0.5, 0.6) is 0 Å². The van der Waals surface area contributed by atoms with Crippen molar-refractivity contribution in [1.82, 2.24) is 0 Å². The Bertz CT molecular complexity index is 416. The molecule has 0 fully saturated rings. The van der Waals surface area contributed by atoms with E-state index in [4.69, 9.17) is 72.7 Å². The second-order valence-electron chi connectivity index (χ2n) is 6.36. The zero-order chi connectivity index (χ0) is 26.0. The van der Waals surface area contributed by atoms with Crippen molar-refractivity contribution in [2.45, 2.75) is 61.7 Å². The molecule has 0 bridgehead atoms. The van der Waals surface area contributed by atoms with E-state index in [9.17, 15) is 9.59 Å². The summed E-state index contributed by atoms with van der Waals surface area (Å²) in [5.74, 6) is -2.15. The van der Waals surface area contributed by atoms with Crippen LogP contribution in [0.4, 0.5) is 0 Å². The minimum atomic E-state index is -1.59. The lowest BCUT2D eigenvalue weighted by atomic mass is 10.0. The topological polar surface area (TPSA) is 329 Å². The predicted octanol–water partition coefficient (Wildman–Crippen LogP) is -7.30. The summed E-state index contributed by atoms with van der Waals surface area (Å²) < 4.78 is 0. The zero-order valence-electron chi connectivity index (χ0n) is 17.2. The van der Waals surface area contributed by atoms with Crippen LogP contribution in [0.2, 0.25) is 0 Å². The molecule has 0 aromatic rings. The Morgan fingerprint density at radius 1 is 0.531 bits per heavy atom. The van der Waals surface area contributed by atoms with Gasteiger partial charge in [0.25, 0.3) is 0 Å². The molecular weight excluding hydrogens is 444 g/mol. The number of aliphatic hydroxyl groups is 10. The molecule has 16 N–H and O–H groups in total. The number of rotatable bonds is 13. The van der Waals surface area contributed by atoms with E-state index >= 15 is 0 Å². The minimum absolute atomic E-state index is 0.226. The molecule has 0 spiro atoms. The van der Waals surface area contributed by atoms with Crippen molar-refractivity contribution in [3.05, 3.63) is 0 Å². The van der Waals surface area contributed by atoms with Gasteiger partial charge in [0.05, 0.1) is 38.3 Å². The summed E-state index contributed by atoms with van der Waals surface area (Å²) in [5, 5.41) is 104. The number of aliphatic carboxylic acids is 2. The summed E-state index contributed by atoms with van der Waals surface area (Å²) in [5.41, 5.74) is 9.97. The van der Waals surface area contributed by atoms with Crippen LogP contribution in [0.1, 0.15) is 12.8 Å². The van der Waals surface area contributed by atoms with E-state index in [0.29, 0.717) is 0 Å². The Morgan fingerprint density at radius 3 is 0.906 bits per heavy atom. The van der Waals surface area contributed by atoms with Crippen molar-refractivity contribution in [1.29, 1.82) is 0 Å². The van der Waals surface area contributed by atoms with Gasteiger partial charge in [-0.15, -0.1) is 0 Å². The van der Waals surface area contributed by atoms with E-state index in [1.165, 1.54) is 0 Å². The first kappa shape index (κ1) is 35.1. The molecule has 32 heavy (non-hydrogen) atoms. The predicted molar refractivity (Wildman–Crippen MR) is 105 cm³/mol. The third kappa shape index (κ3) is 17.1. The second kappa shape index (κ2) is 20.1. The molecule has 0 aliphatic rings. The molecule has 0 amide bonds. The average molecular weight is 480 g/mol. The first-order valence-electron chi connectivity index (χ1n) is 9.21. The Hall–Kier alpha value is -1.54. The number of carbonyl (C=O) groups is 2. The molecule has 0 rings (SSSR count). The van der Waals surface area contributed by atoms with Crippen LogP contribution in [0, 0.1) is 0 Å². The molecule has 0 aromatic heterocycles. The maximum absolute atomic E-state index is 9.64. The fourth-order valence-electron chi connectivity index (χ4n) is 1.62. The maximum atomic E-state index is 9.64. The zero-order valence-corrected chi connectivity index (χ0v) is 17.2. The molecule has 0 aromatic carbocycles. The van der Waals surface area contributed by atoms with Crippen molar-refractivity contribution in [3.63, 3.8) is 0 Å². The molecule has 0 radical (unpaired) electrons. The number of nitrogens with two attached hydrogens (primary N) is 2. The summed E-state index contributed by atoms with van der Waals surface area (Å²) in [6.07, 6.45) is -12.4. The fourth-order valence-corrected chi connectivity index (χ4v) is 1.62. The number of carboxylic acids is 2. The van der Waals surface area contributed by atoms with Crippen molar-refractivity contribution in [2.24, 2.45) is 11.5 Å². The number of aliphatic hydroxyl groups excluding tert-OH is 10. The highest BCUT2D eigenvalue weighted by atomic mass is 16.4. The molecular formula is C16H36N2O14. The van der Waals surface area contributed by atoms with E-state index in [2.05, 4.69) is 0 Å². The highest BCUT2D eigenvalue weighted by molar-refractivity contribution is 5.75. The van der Waals surface area contributed by atoms with Gasteiger partial charge in [0.2, 0.25) is 0 Å². The van der Waals surface area contributed by atoms with Gasteiger partial charge in [0.1, 0.15) is 36.6 Å². The van der Waals surface area contributed by atoms with Gasteiger partial charge < -0.3 is 72.7 Å². The fraction of sp³-hybridized carbons (Fsp3) is 0.875. The van der Waals surface area contributed by atoms with Crippen LogP contribution in [0.25, 0.3) is 0 Å². The lowest BCUT2D eigenvalue weighted by Gasteiger charge is -2.24. The molecule has 0 heterocycles.